The summed E-state index contributed by atoms with van der Waals surface area (Å²) in [4.78, 5) is 44.9. The van der Waals surface area contributed by atoms with Gasteiger partial charge in [0, 0.05) is 29.8 Å². The molecule has 2 bridgehead atoms. The molecule has 38 heavy (non-hydrogen) atoms. The molecule has 1 fully saturated rings. The highest BCUT2D eigenvalue weighted by molar-refractivity contribution is 6.00. The van der Waals surface area contributed by atoms with Crippen LogP contribution >= 0.6 is 0 Å². The van der Waals surface area contributed by atoms with Gasteiger partial charge in [0.15, 0.2) is 0 Å². The second-order valence-corrected chi connectivity index (χ2v) is 9.63. The van der Waals surface area contributed by atoms with E-state index in [4.69, 9.17) is 5.73 Å². The number of imidazole rings is 1. The van der Waals surface area contributed by atoms with Crippen LogP contribution in [0.25, 0.3) is 11.3 Å². The second kappa shape index (κ2) is 11.7. The largest absolute Gasteiger partial charge is 0.453 e. The van der Waals surface area contributed by atoms with E-state index < -0.39 is 30.4 Å². The highest BCUT2D eigenvalue weighted by atomic mass is 19.3. The van der Waals surface area contributed by atoms with Crippen molar-refractivity contribution in [2.45, 2.75) is 50.5 Å². The van der Waals surface area contributed by atoms with E-state index in [2.05, 4.69) is 30.7 Å². The lowest BCUT2D eigenvalue weighted by Crippen LogP contribution is -2.36. The predicted octanol–water partition coefficient (Wildman–Crippen LogP) is 4.10. The van der Waals surface area contributed by atoms with E-state index >= 15 is 0 Å². The number of nitrogens with two attached hydrogens (primary N) is 1. The minimum Gasteiger partial charge on any atom is -0.453 e. The van der Waals surface area contributed by atoms with Crippen molar-refractivity contribution >= 4 is 29.3 Å². The number of hydrogen-bond donors (Lipinski definition) is 5. The molecule has 0 saturated heterocycles. The number of benzene rings is 1. The Balaban J connectivity index is 1.64. The molecular weight excluding hydrogens is 498 g/mol. The summed E-state index contributed by atoms with van der Waals surface area (Å²) in [6.07, 6.45) is 6.23. The number of anilines is 2. The number of hydrogen-bond acceptors (Lipinski definition) is 6. The zero-order valence-corrected chi connectivity index (χ0v) is 21.1. The van der Waals surface area contributed by atoms with Gasteiger partial charge in [-0.3, -0.25) is 14.9 Å². The van der Waals surface area contributed by atoms with Crippen LogP contribution in [-0.2, 0) is 14.3 Å². The summed E-state index contributed by atoms with van der Waals surface area (Å²) < 4.78 is 33.9. The maximum Gasteiger partial charge on any atom is 0.411 e. The Morgan fingerprint density at radius 2 is 1.97 bits per heavy atom. The third-order valence-corrected chi connectivity index (χ3v) is 7.02. The normalized spacial score (nSPS) is 23.9. The maximum absolute atomic E-state index is 14.7. The molecule has 1 aromatic carbocycles. The maximum atomic E-state index is 14.7. The summed E-state index contributed by atoms with van der Waals surface area (Å²) in [5.41, 5.74) is 6.75. The number of allylic oxidation sites excluding steroid dienone is 1. The standard InChI is InChI=1S/C26H32F2N6O4/c1-38-25(37)31-17-9-10-18-20(12-17)34-24(36)26(27,28)11-3-2-4-19(22-30-14-21(18)32-22)33-23(35)16-7-5-15(13-29)6-8-16/h2-3,9-10,12,14-16,19H,4-8,11,13,29H2,1H3,(H,30,32)(H,31,37)(H,33,35)(H,34,36)/b3-2+/t15?,16?,19-/m0/s1. The molecule has 4 rings (SSSR count). The quantitative estimate of drug-likeness (QED) is 0.376. The number of H-pyrrole nitrogens is 1. The van der Waals surface area contributed by atoms with Gasteiger partial charge in [-0.25, -0.2) is 9.78 Å². The number of alkyl halides is 2. The minimum absolute atomic E-state index is 0.0297. The monoisotopic (exact) mass is 530 g/mol. The summed E-state index contributed by atoms with van der Waals surface area (Å²) in [6.45, 7) is 0.612. The highest BCUT2D eigenvalue weighted by Crippen LogP contribution is 2.34. The van der Waals surface area contributed by atoms with E-state index in [0.717, 1.165) is 25.7 Å². The van der Waals surface area contributed by atoms with Crippen LogP contribution in [0, 0.1) is 11.8 Å². The molecule has 1 saturated carbocycles. The number of nitrogens with zero attached hydrogens (tertiary/aromatic N) is 1. The molecule has 1 aliphatic carbocycles. The zero-order chi connectivity index (χ0) is 27.3. The lowest BCUT2D eigenvalue weighted by molar-refractivity contribution is -0.139. The van der Waals surface area contributed by atoms with Gasteiger partial charge in [-0.05, 0) is 62.8 Å². The molecule has 12 heteroatoms. The van der Waals surface area contributed by atoms with Gasteiger partial charge < -0.3 is 26.1 Å². The molecule has 1 aromatic heterocycles. The lowest BCUT2D eigenvalue weighted by Gasteiger charge is -2.28. The average molecular weight is 531 g/mol. The summed E-state index contributed by atoms with van der Waals surface area (Å²) in [6, 6.07) is 3.84. The highest BCUT2D eigenvalue weighted by Gasteiger charge is 2.38. The van der Waals surface area contributed by atoms with E-state index in [9.17, 15) is 23.2 Å². The fraction of sp³-hybridized carbons (Fsp3) is 0.462. The first-order chi connectivity index (χ1) is 18.2. The molecule has 1 atom stereocenters. The number of halogens is 2. The van der Waals surface area contributed by atoms with Crippen molar-refractivity contribution in [3.05, 3.63) is 42.4 Å². The Morgan fingerprint density at radius 3 is 2.68 bits per heavy atom. The first kappa shape index (κ1) is 27.2. The molecule has 0 unspecified atom stereocenters. The summed E-state index contributed by atoms with van der Waals surface area (Å²) in [7, 11) is 1.19. The van der Waals surface area contributed by atoms with Crippen molar-refractivity contribution in [3.8, 4) is 11.3 Å². The Labute approximate surface area is 218 Å². The fourth-order valence-electron chi connectivity index (χ4n) is 4.73. The number of ether oxygens (including phenoxy) is 1. The van der Waals surface area contributed by atoms with Gasteiger partial charge in [-0.1, -0.05) is 12.2 Å². The molecule has 2 heterocycles. The van der Waals surface area contributed by atoms with E-state index in [1.165, 1.54) is 31.4 Å². The van der Waals surface area contributed by atoms with Gasteiger partial charge in [-0.15, -0.1) is 0 Å². The molecule has 2 aromatic rings. The number of fused-ring (bicyclic) bond motifs is 4. The van der Waals surface area contributed by atoms with Gasteiger partial charge >= 0.3 is 12.0 Å². The van der Waals surface area contributed by atoms with E-state index in [0.29, 0.717) is 29.5 Å². The summed E-state index contributed by atoms with van der Waals surface area (Å²) >= 11 is 0. The van der Waals surface area contributed by atoms with Crippen molar-refractivity contribution in [2.75, 3.05) is 24.3 Å². The number of carbonyl (C=O) groups excluding carboxylic acids is 3. The molecule has 204 valence electrons. The zero-order valence-electron chi connectivity index (χ0n) is 21.1. The van der Waals surface area contributed by atoms with Crippen LogP contribution in [0.3, 0.4) is 0 Å². The number of rotatable bonds is 4. The molecule has 0 spiro atoms. The number of amides is 3. The first-order valence-corrected chi connectivity index (χ1v) is 12.6. The molecule has 6 N–H and O–H groups in total. The van der Waals surface area contributed by atoms with Crippen LogP contribution < -0.4 is 21.7 Å². The topological polar surface area (TPSA) is 151 Å². The molecule has 10 nitrogen and oxygen atoms in total. The Kier molecular flexibility index (Phi) is 8.40. The second-order valence-electron chi connectivity index (χ2n) is 9.63. The van der Waals surface area contributed by atoms with E-state index in [-0.39, 0.29) is 29.6 Å². The van der Waals surface area contributed by atoms with Crippen LogP contribution in [0.1, 0.15) is 50.4 Å². The van der Waals surface area contributed by atoms with Gasteiger partial charge in [0.1, 0.15) is 5.82 Å². The van der Waals surface area contributed by atoms with Gasteiger partial charge in [0.05, 0.1) is 24.5 Å². The van der Waals surface area contributed by atoms with Crippen LogP contribution in [0.5, 0.6) is 0 Å². The van der Waals surface area contributed by atoms with Crippen LogP contribution in [-0.4, -0.2) is 47.5 Å². The van der Waals surface area contributed by atoms with E-state index in [1.807, 2.05) is 0 Å². The molecule has 3 amide bonds. The van der Waals surface area contributed by atoms with Crippen molar-refractivity contribution in [3.63, 3.8) is 0 Å². The third-order valence-electron chi connectivity index (χ3n) is 7.02. The number of nitrogens with one attached hydrogen (secondary N) is 4. The van der Waals surface area contributed by atoms with Crippen LogP contribution in [0.15, 0.2) is 36.5 Å². The molecule has 0 radical (unpaired) electrons. The average Bonchev–Trinajstić information content (AvgIpc) is 3.40. The minimum atomic E-state index is -3.69. The van der Waals surface area contributed by atoms with Crippen molar-refractivity contribution < 1.29 is 27.9 Å². The summed E-state index contributed by atoms with van der Waals surface area (Å²) in [5, 5.41) is 7.74. The van der Waals surface area contributed by atoms with Gasteiger partial charge in [-0.2, -0.15) is 8.78 Å². The van der Waals surface area contributed by atoms with Crippen LogP contribution in [0.2, 0.25) is 0 Å². The molecule has 2 aliphatic rings. The van der Waals surface area contributed by atoms with Crippen molar-refractivity contribution in [2.24, 2.45) is 17.6 Å². The fourth-order valence-corrected chi connectivity index (χ4v) is 4.73. The van der Waals surface area contributed by atoms with Crippen LogP contribution in [0.4, 0.5) is 25.0 Å². The predicted molar refractivity (Wildman–Crippen MR) is 137 cm³/mol. The Morgan fingerprint density at radius 1 is 1.21 bits per heavy atom. The Hall–Kier alpha value is -3.80. The van der Waals surface area contributed by atoms with Gasteiger partial charge in [0.25, 0.3) is 5.91 Å². The van der Waals surface area contributed by atoms with Crippen molar-refractivity contribution in [1.82, 2.24) is 15.3 Å². The first-order valence-electron chi connectivity index (χ1n) is 12.6. The third kappa shape index (κ3) is 6.36. The number of methoxy groups -OCH3 is 1. The van der Waals surface area contributed by atoms with Gasteiger partial charge in [0.2, 0.25) is 5.91 Å². The van der Waals surface area contributed by atoms with E-state index in [1.54, 1.807) is 12.3 Å². The number of aromatic amines is 1. The lowest BCUT2D eigenvalue weighted by atomic mass is 9.81. The SMILES string of the molecule is COC(=O)Nc1ccc2c(c1)NC(=O)C(F)(F)C/C=C/C[C@H](NC(=O)C1CCC(CN)CC1)c1nc-2c[nH]1. The smallest absolute Gasteiger partial charge is 0.411 e. The molecule has 1 aliphatic heterocycles. The van der Waals surface area contributed by atoms with Crippen molar-refractivity contribution in [1.29, 1.82) is 0 Å². The number of carbonyl (C=O) groups is 3. The number of aromatic nitrogens is 2. The summed E-state index contributed by atoms with van der Waals surface area (Å²) in [5.74, 6) is -4.55. The Bertz CT molecular complexity index is 1210. The molecular formula is C26H32F2N6O4.